The maximum absolute atomic E-state index is 12.8. The minimum atomic E-state index is -0.253. The molecule has 0 spiro atoms. The highest BCUT2D eigenvalue weighted by molar-refractivity contribution is 5.29. The van der Waals surface area contributed by atoms with Crippen LogP contribution in [0.15, 0.2) is 48.5 Å². The van der Waals surface area contributed by atoms with Gasteiger partial charge in [0.15, 0.2) is 0 Å². The first-order valence-electron chi connectivity index (χ1n) is 6.84. The Morgan fingerprint density at radius 3 is 2.45 bits per heavy atom. The topological polar surface area (TPSA) is 35.2 Å². The minimum Gasteiger partial charge on any atom is -0.494 e. The Bertz CT molecular complexity index is 539. The number of benzene rings is 2. The first-order chi connectivity index (χ1) is 9.70. The molecule has 2 aromatic carbocycles. The van der Waals surface area contributed by atoms with Gasteiger partial charge < -0.3 is 10.5 Å². The SMILES string of the molecule is Cc1ccccc1C(CN)CCOc1ccc(F)cc1. The van der Waals surface area contributed by atoms with E-state index in [1.807, 2.05) is 12.1 Å². The fraction of sp³-hybridized carbons (Fsp3) is 0.294. The van der Waals surface area contributed by atoms with Crippen LogP contribution in [0, 0.1) is 12.7 Å². The number of aryl methyl sites for hydroxylation is 1. The second kappa shape index (κ2) is 7.06. The summed E-state index contributed by atoms with van der Waals surface area (Å²) < 4.78 is 18.4. The van der Waals surface area contributed by atoms with Crippen LogP contribution in [0.25, 0.3) is 0 Å². The summed E-state index contributed by atoms with van der Waals surface area (Å²) in [5.74, 6) is 0.723. The second-order valence-corrected chi connectivity index (χ2v) is 4.88. The zero-order valence-electron chi connectivity index (χ0n) is 11.7. The maximum Gasteiger partial charge on any atom is 0.123 e. The molecule has 2 aromatic rings. The molecule has 1 atom stereocenters. The van der Waals surface area contributed by atoms with Crippen molar-refractivity contribution in [3.8, 4) is 5.75 Å². The van der Waals surface area contributed by atoms with Gasteiger partial charge in [-0.2, -0.15) is 0 Å². The zero-order valence-corrected chi connectivity index (χ0v) is 11.7. The molecule has 20 heavy (non-hydrogen) atoms. The number of halogens is 1. The highest BCUT2D eigenvalue weighted by Crippen LogP contribution is 2.22. The predicted molar refractivity (Wildman–Crippen MR) is 79.5 cm³/mol. The van der Waals surface area contributed by atoms with Crippen LogP contribution in [0.5, 0.6) is 5.75 Å². The van der Waals surface area contributed by atoms with Gasteiger partial charge in [-0.15, -0.1) is 0 Å². The van der Waals surface area contributed by atoms with Crippen molar-refractivity contribution in [1.82, 2.24) is 0 Å². The molecule has 2 rings (SSSR count). The summed E-state index contributed by atoms with van der Waals surface area (Å²) in [4.78, 5) is 0. The molecule has 2 nitrogen and oxygen atoms in total. The third-order valence-corrected chi connectivity index (χ3v) is 3.46. The van der Waals surface area contributed by atoms with Gasteiger partial charge in [-0.25, -0.2) is 4.39 Å². The second-order valence-electron chi connectivity index (χ2n) is 4.88. The lowest BCUT2D eigenvalue weighted by Gasteiger charge is -2.17. The van der Waals surface area contributed by atoms with Crippen molar-refractivity contribution in [3.63, 3.8) is 0 Å². The van der Waals surface area contributed by atoms with E-state index in [9.17, 15) is 4.39 Å². The lowest BCUT2D eigenvalue weighted by molar-refractivity contribution is 0.298. The minimum absolute atomic E-state index is 0.253. The summed E-state index contributed by atoms with van der Waals surface area (Å²) >= 11 is 0. The summed E-state index contributed by atoms with van der Waals surface area (Å²) in [6, 6.07) is 14.4. The van der Waals surface area contributed by atoms with E-state index >= 15 is 0 Å². The first-order valence-corrected chi connectivity index (χ1v) is 6.84. The number of nitrogens with two attached hydrogens (primary N) is 1. The molecule has 0 aromatic heterocycles. The molecule has 0 aliphatic rings. The van der Waals surface area contributed by atoms with E-state index < -0.39 is 0 Å². The molecular formula is C17H20FNO. The third-order valence-electron chi connectivity index (χ3n) is 3.46. The molecule has 106 valence electrons. The summed E-state index contributed by atoms with van der Waals surface area (Å²) in [5, 5.41) is 0. The van der Waals surface area contributed by atoms with Gasteiger partial charge >= 0.3 is 0 Å². The fourth-order valence-corrected chi connectivity index (χ4v) is 2.30. The Labute approximate surface area is 119 Å². The number of hydrogen-bond donors (Lipinski definition) is 1. The normalized spacial score (nSPS) is 12.2. The molecule has 0 aliphatic heterocycles. The van der Waals surface area contributed by atoms with Crippen molar-refractivity contribution in [2.45, 2.75) is 19.3 Å². The molecule has 2 N–H and O–H groups in total. The van der Waals surface area contributed by atoms with Crippen molar-refractivity contribution in [2.75, 3.05) is 13.2 Å². The smallest absolute Gasteiger partial charge is 0.123 e. The summed E-state index contributed by atoms with van der Waals surface area (Å²) in [7, 11) is 0. The van der Waals surface area contributed by atoms with Gasteiger partial charge in [0, 0.05) is 0 Å². The van der Waals surface area contributed by atoms with Crippen LogP contribution in [-0.2, 0) is 0 Å². The Kier molecular flexibility index (Phi) is 5.13. The van der Waals surface area contributed by atoms with Crippen LogP contribution in [-0.4, -0.2) is 13.2 Å². The van der Waals surface area contributed by atoms with Crippen LogP contribution in [0.2, 0.25) is 0 Å². The summed E-state index contributed by atoms with van der Waals surface area (Å²) in [5.41, 5.74) is 8.40. The van der Waals surface area contributed by atoms with E-state index in [0.717, 1.165) is 6.42 Å². The van der Waals surface area contributed by atoms with Gasteiger partial charge in [-0.1, -0.05) is 24.3 Å². The lowest BCUT2D eigenvalue weighted by atomic mass is 9.92. The number of hydrogen-bond acceptors (Lipinski definition) is 2. The molecular weight excluding hydrogens is 253 g/mol. The largest absolute Gasteiger partial charge is 0.494 e. The van der Waals surface area contributed by atoms with E-state index in [0.29, 0.717) is 18.9 Å². The molecule has 0 fully saturated rings. The molecule has 0 radical (unpaired) electrons. The molecule has 0 aliphatic carbocycles. The van der Waals surface area contributed by atoms with Crippen molar-refractivity contribution >= 4 is 0 Å². The van der Waals surface area contributed by atoms with E-state index in [1.165, 1.54) is 23.3 Å². The van der Waals surface area contributed by atoms with Gasteiger partial charge in [0.25, 0.3) is 0 Å². The third kappa shape index (κ3) is 3.81. The van der Waals surface area contributed by atoms with Crippen molar-refractivity contribution in [1.29, 1.82) is 0 Å². The monoisotopic (exact) mass is 273 g/mol. The molecule has 0 amide bonds. The Morgan fingerprint density at radius 2 is 1.80 bits per heavy atom. The van der Waals surface area contributed by atoms with Gasteiger partial charge in [0.2, 0.25) is 0 Å². The van der Waals surface area contributed by atoms with Crippen LogP contribution < -0.4 is 10.5 Å². The van der Waals surface area contributed by atoms with E-state index in [2.05, 4.69) is 19.1 Å². The molecule has 0 saturated heterocycles. The van der Waals surface area contributed by atoms with Crippen molar-refractivity contribution in [3.05, 3.63) is 65.5 Å². The Morgan fingerprint density at radius 1 is 1.10 bits per heavy atom. The zero-order chi connectivity index (χ0) is 14.4. The van der Waals surface area contributed by atoms with Gasteiger partial charge in [0.05, 0.1) is 6.61 Å². The van der Waals surface area contributed by atoms with Gasteiger partial charge in [-0.3, -0.25) is 0 Å². The molecule has 0 heterocycles. The Balaban J connectivity index is 1.91. The van der Waals surface area contributed by atoms with Gasteiger partial charge in [-0.05, 0) is 61.2 Å². The van der Waals surface area contributed by atoms with Crippen LogP contribution >= 0.6 is 0 Å². The Hall–Kier alpha value is -1.87. The van der Waals surface area contributed by atoms with Crippen LogP contribution in [0.1, 0.15) is 23.5 Å². The van der Waals surface area contributed by atoms with Gasteiger partial charge in [0.1, 0.15) is 11.6 Å². The van der Waals surface area contributed by atoms with E-state index in [1.54, 1.807) is 12.1 Å². The average molecular weight is 273 g/mol. The maximum atomic E-state index is 12.8. The molecule has 1 unspecified atom stereocenters. The standard InChI is InChI=1S/C17H20FNO/c1-13-4-2-3-5-17(13)14(12-19)10-11-20-16-8-6-15(18)7-9-16/h2-9,14H,10-12,19H2,1H3. The highest BCUT2D eigenvalue weighted by atomic mass is 19.1. The highest BCUT2D eigenvalue weighted by Gasteiger charge is 2.11. The predicted octanol–water partition coefficient (Wildman–Crippen LogP) is 3.65. The lowest BCUT2D eigenvalue weighted by Crippen LogP contribution is -2.16. The fourth-order valence-electron chi connectivity index (χ4n) is 2.30. The number of rotatable bonds is 6. The summed E-state index contributed by atoms with van der Waals surface area (Å²) in [6.07, 6.45) is 0.846. The van der Waals surface area contributed by atoms with Crippen LogP contribution in [0.4, 0.5) is 4.39 Å². The number of ether oxygens (including phenoxy) is 1. The van der Waals surface area contributed by atoms with E-state index in [-0.39, 0.29) is 11.7 Å². The van der Waals surface area contributed by atoms with Crippen LogP contribution in [0.3, 0.4) is 0 Å². The van der Waals surface area contributed by atoms with E-state index in [4.69, 9.17) is 10.5 Å². The molecule has 3 heteroatoms. The molecule has 0 saturated carbocycles. The quantitative estimate of drug-likeness (QED) is 0.872. The van der Waals surface area contributed by atoms with Crippen molar-refractivity contribution in [2.24, 2.45) is 5.73 Å². The first kappa shape index (κ1) is 14.5. The van der Waals surface area contributed by atoms with Crippen molar-refractivity contribution < 1.29 is 9.13 Å². The average Bonchev–Trinajstić information content (AvgIpc) is 2.47. The summed E-state index contributed by atoms with van der Waals surface area (Å²) in [6.45, 7) is 3.26. The molecule has 0 bridgehead atoms.